The molecular formula is C14H19N. The molecule has 15 heavy (non-hydrogen) atoms. The molecule has 0 fully saturated rings. The minimum Gasteiger partial charge on any atom is -0.384 e. The van der Waals surface area contributed by atoms with E-state index in [1.807, 2.05) is 0 Å². The van der Waals surface area contributed by atoms with Crippen molar-refractivity contribution in [3.05, 3.63) is 28.8 Å². The maximum absolute atomic E-state index is 3.64. The lowest BCUT2D eigenvalue weighted by molar-refractivity contribution is 0.589. The minimum atomic E-state index is 0.791. The van der Waals surface area contributed by atoms with E-state index in [2.05, 4.69) is 24.4 Å². The first-order chi connectivity index (χ1) is 7.34. The van der Waals surface area contributed by atoms with Crippen LogP contribution in [0, 0.1) is 5.92 Å². The Morgan fingerprint density at radius 1 is 1.13 bits per heavy atom. The van der Waals surface area contributed by atoms with Crippen LogP contribution in [0.3, 0.4) is 0 Å². The molecule has 1 atom stereocenters. The van der Waals surface area contributed by atoms with E-state index in [1.165, 1.54) is 37.8 Å². The lowest BCUT2D eigenvalue weighted by Gasteiger charge is -2.29. The zero-order valence-electron chi connectivity index (χ0n) is 9.47. The van der Waals surface area contributed by atoms with Gasteiger partial charge in [-0.3, -0.25) is 0 Å². The van der Waals surface area contributed by atoms with Crippen molar-refractivity contribution in [3.8, 4) is 0 Å². The second-order valence-corrected chi connectivity index (χ2v) is 5.13. The van der Waals surface area contributed by atoms with Crippen LogP contribution in [0.1, 0.15) is 36.5 Å². The van der Waals surface area contributed by atoms with Crippen LogP contribution in [0.4, 0.5) is 5.69 Å². The summed E-state index contributed by atoms with van der Waals surface area (Å²) in [6, 6.07) is 4.72. The molecule has 3 rings (SSSR count). The Morgan fingerprint density at radius 3 is 2.87 bits per heavy atom. The molecule has 1 aromatic rings. The number of fused-ring (bicyclic) bond motifs is 3. The average molecular weight is 201 g/mol. The van der Waals surface area contributed by atoms with Crippen LogP contribution in [0.15, 0.2) is 12.1 Å². The Kier molecular flexibility index (Phi) is 2.19. The predicted octanol–water partition coefficient (Wildman–Crippen LogP) is 3.17. The molecule has 0 radical (unpaired) electrons. The Morgan fingerprint density at radius 2 is 1.93 bits per heavy atom. The predicted molar refractivity (Wildman–Crippen MR) is 64.4 cm³/mol. The Bertz CT molecular complexity index is 381. The van der Waals surface area contributed by atoms with Crippen molar-refractivity contribution >= 4 is 5.69 Å². The zero-order chi connectivity index (χ0) is 10.3. The lowest BCUT2D eigenvalue weighted by Crippen LogP contribution is -2.23. The molecule has 2 aliphatic rings. The molecule has 1 heteroatoms. The fourth-order valence-electron chi connectivity index (χ4n) is 2.99. The first-order valence-electron chi connectivity index (χ1n) is 6.22. The normalized spacial score (nSPS) is 23.9. The molecule has 1 aliphatic carbocycles. The molecular weight excluding hydrogens is 182 g/mol. The molecule has 1 nitrogen and oxygen atoms in total. The van der Waals surface area contributed by atoms with Crippen molar-refractivity contribution in [2.45, 2.75) is 39.0 Å². The van der Waals surface area contributed by atoms with Crippen molar-refractivity contribution in [1.29, 1.82) is 0 Å². The van der Waals surface area contributed by atoms with Crippen molar-refractivity contribution < 1.29 is 0 Å². The summed E-state index contributed by atoms with van der Waals surface area (Å²) in [6.07, 6.45) is 6.60. The molecule has 1 unspecified atom stereocenters. The van der Waals surface area contributed by atoms with Gasteiger partial charge in [0.15, 0.2) is 0 Å². The van der Waals surface area contributed by atoms with Crippen LogP contribution in [-0.2, 0) is 19.3 Å². The van der Waals surface area contributed by atoms with Crippen molar-refractivity contribution in [2.24, 2.45) is 5.92 Å². The maximum Gasteiger partial charge on any atom is 0.0408 e. The largest absolute Gasteiger partial charge is 0.384 e. The monoisotopic (exact) mass is 201 g/mol. The second kappa shape index (κ2) is 3.55. The van der Waals surface area contributed by atoms with Crippen LogP contribution < -0.4 is 5.32 Å². The SMILES string of the molecule is CC1CNc2c(ccc3c2CCCC3)C1. The van der Waals surface area contributed by atoms with Gasteiger partial charge in [-0.1, -0.05) is 19.1 Å². The van der Waals surface area contributed by atoms with Gasteiger partial charge in [-0.2, -0.15) is 0 Å². The van der Waals surface area contributed by atoms with E-state index in [0.29, 0.717) is 0 Å². The molecule has 0 amide bonds. The molecule has 0 saturated heterocycles. The summed E-state index contributed by atoms with van der Waals surface area (Å²) in [5.74, 6) is 0.791. The van der Waals surface area contributed by atoms with Gasteiger partial charge >= 0.3 is 0 Å². The van der Waals surface area contributed by atoms with E-state index in [0.717, 1.165) is 12.5 Å². The first kappa shape index (κ1) is 9.26. The lowest BCUT2D eigenvalue weighted by atomic mass is 9.85. The van der Waals surface area contributed by atoms with Gasteiger partial charge in [0.2, 0.25) is 0 Å². The Labute approximate surface area is 91.9 Å². The third-order valence-corrected chi connectivity index (χ3v) is 3.81. The average Bonchev–Trinajstić information content (AvgIpc) is 2.28. The van der Waals surface area contributed by atoms with Gasteiger partial charge in [0, 0.05) is 12.2 Å². The molecule has 0 spiro atoms. The fourth-order valence-corrected chi connectivity index (χ4v) is 2.99. The quantitative estimate of drug-likeness (QED) is 0.680. The summed E-state index contributed by atoms with van der Waals surface area (Å²) in [5, 5.41) is 3.64. The molecule has 1 heterocycles. The van der Waals surface area contributed by atoms with E-state index in [9.17, 15) is 0 Å². The number of rotatable bonds is 0. The van der Waals surface area contributed by atoms with Crippen molar-refractivity contribution in [1.82, 2.24) is 0 Å². The van der Waals surface area contributed by atoms with E-state index >= 15 is 0 Å². The highest BCUT2D eigenvalue weighted by Gasteiger charge is 2.20. The maximum atomic E-state index is 3.64. The van der Waals surface area contributed by atoms with E-state index < -0.39 is 0 Å². The third-order valence-electron chi connectivity index (χ3n) is 3.81. The van der Waals surface area contributed by atoms with Crippen LogP contribution >= 0.6 is 0 Å². The highest BCUT2D eigenvalue weighted by atomic mass is 14.9. The molecule has 0 aromatic heterocycles. The summed E-state index contributed by atoms with van der Waals surface area (Å²) >= 11 is 0. The van der Waals surface area contributed by atoms with Gasteiger partial charge in [0.1, 0.15) is 0 Å². The van der Waals surface area contributed by atoms with Gasteiger partial charge in [-0.05, 0) is 54.7 Å². The highest BCUT2D eigenvalue weighted by molar-refractivity contribution is 5.62. The topological polar surface area (TPSA) is 12.0 Å². The number of nitrogens with one attached hydrogen (secondary N) is 1. The summed E-state index contributed by atoms with van der Waals surface area (Å²) in [5.41, 5.74) is 6.27. The second-order valence-electron chi connectivity index (χ2n) is 5.13. The summed E-state index contributed by atoms with van der Waals surface area (Å²) < 4.78 is 0. The van der Waals surface area contributed by atoms with Gasteiger partial charge in [0.25, 0.3) is 0 Å². The molecule has 0 bridgehead atoms. The van der Waals surface area contributed by atoms with Gasteiger partial charge in [0.05, 0.1) is 0 Å². The zero-order valence-corrected chi connectivity index (χ0v) is 9.47. The van der Waals surface area contributed by atoms with E-state index in [4.69, 9.17) is 0 Å². The van der Waals surface area contributed by atoms with Crippen molar-refractivity contribution in [3.63, 3.8) is 0 Å². The fraction of sp³-hybridized carbons (Fsp3) is 0.571. The van der Waals surface area contributed by atoms with Gasteiger partial charge in [-0.15, -0.1) is 0 Å². The van der Waals surface area contributed by atoms with Crippen LogP contribution in [0.25, 0.3) is 0 Å². The number of aryl methyl sites for hydroxylation is 1. The molecule has 1 aliphatic heterocycles. The number of anilines is 1. The standard InChI is InChI=1S/C14H19N/c1-10-8-12-7-6-11-4-2-3-5-13(11)14(12)15-9-10/h6-7,10,15H,2-5,8-9H2,1H3. The van der Waals surface area contributed by atoms with Crippen LogP contribution in [-0.4, -0.2) is 6.54 Å². The van der Waals surface area contributed by atoms with Crippen LogP contribution in [0.5, 0.6) is 0 Å². The van der Waals surface area contributed by atoms with Gasteiger partial charge < -0.3 is 5.32 Å². The third kappa shape index (κ3) is 1.54. The molecule has 80 valence electrons. The molecule has 1 aromatic carbocycles. The molecule has 0 saturated carbocycles. The summed E-state index contributed by atoms with van der Waals surface area (Å²) in [6.45, 7) is 3.48. The number of hydrogen-bond acceptors (Lipinski definition) is 1. The molecule has 1 N–H and O–H groups in total. The van der Waals surface area contributed by atoms with Crippen LogP contribution in [0.2, 0.25) is 0 Å². The smallest absolute Gasteiger partial charge is 0.0408 e. The van der Waals surface area contributed by atoms with Crippen molar-refractivity contribution in [2.75, 3.05) is 11.9 Å². The van der Waals surface area contributed by atoms with E-state index in [1.54, 1.807) is 16.7 Å². The van der Waals surface area contributed by atoms with Gasteiger partial charge in [-0.25, -0.2) is 0 Å². The minimum absolute atomic E-state index is 0.791. The Balaban J connectivity index is 2.07. The number of benzene rings is 1. The Hall–Kier alpha value is -0.980. The summed E-state index contributed by atoms with van der Waals surface area (Å²) in [4.78, 5) is 0. The highest BCUT2D eigenvalue weighted by Crippen LogP contribution is 2.34. The number of hydrogen-bond donors (Lipinski definition) is 1. The first-order valence-corrected chi connectivity index (χ1v) is 6.22. The van der Waals surface area contributed by atoms with E-state index in [-0.39, 0.29) is 0 Å². The summed E-state index contributed by atoms with van der Waals surface area (Å²) in [7, 11) is 0.